The number of para-hydroxylation sites is 1. The summed E-state index contributed by atoms with van der Waals surface area (Å²) in [5, 5.41) is 7.30. The van der Waals surface area contributed by atoms with Gasteiger partial charge in [0.15, 0.2) is 0 Å². The molecule has 0 saturated carbocycles. The van der Waals surface area contributed by atoms with Crippen molar-refractivity contribution in [1.82, 2.24) is 0 Å². The second kappa shape index (κ2) is 3.86. The number of rotatable bonds is 0. The molecular weight excluding hydrogens is 256 g/mol. The fourth-order valence-corrected chi connectivity index (χ4v) is 3.27. The van der Waals surface area contributed by atoms with Crippen LogP contribution in [0.3, 0.4) is 0 Å². The Morgan fingerprint density at radius 2 is 1.24 bits per heavy atom. The standard InChI is InChI=1S/C20H12O/c1-2-6-15-13(5-1)9-10-14-11-12-17-16-7-3-4-8-18(16)21-20(17)19(14)15/h1-12H. The van der Waals surface area contributed by atoms with Gasteiger partial charge in [-0.15, -0.1) is 0 Å². The highest BCUT2D eigenvalue weighted by Crippen LogP contribution is 2.37. The van der Waals surface area contributed by atoms with Crippen LogP contribution in [0.1, 0.15) is 0 Å². The van der Waals surface area contributed by atoms with Gasteiger partial charge in [0.2, 0.25) is 0 Å². The van der Waals surface area contributed by atoms with Gasteiger partial charge in [0, 0.05) is 16.2 Å². The molecule has 0 N–H and O–H groups in total. The quantitative estimate of drug-likeness (QED) is 0.319. The molecular formula is C20H12O. The molecule has 5 aromatic rings. The summed E-state index contributed by atoms with van der Waals surface area (Å²) in [6, 6.07) is 25.4. The molecule has 1 nitrogen and oxygen atoms in total. The van der Waals surface area contributed by atoms with E-state index in [2.05, 4.69) is 60.7 Å². The van der Waals surface area contributed by atoms with Crippen LogP contribution >= 0.6 is 0 Å². The zero-order chi connectivity index (χ0) is 13.8. The minimum Gasteiger partial charge on any atom is -0.455 e. The molecule has 0 aliphatic heterocycles. The minimum absolute atomic E-state index is 0.952. The van der Waals surface area contributed by atoms with Crippen molar-refractivity contribution in [2.75, 3.05) is 0 Å². The van der Waals surface area contributed by atoms with E-state index in [0.717, 1.165) is 11.2 Å². The molecule has 0 spiro atoms. The molecule has 1 aromatic heterocycles. The minimum atomic E-state index is 0.952. The molecule has 0 bridgehead atoms. The van der Waals surface area contributed by atoms with Crippen LogP contribution in [-0.4, -0.2) is 0 Å². The van der Waals surface area contributed by atoms with E-state index in [4.69, 9.17) is 4.42 Å². The molecule has 1 heterocycles. The predicted octanol–water partition coefficient (Wildman–Crippen LogP) is 5.89. The molecule has 5 rings (SSSR count). The van der Waals surface area contributed by atoms with Crippen LogP contribution in [0.25, 0.3) is 43.5 Å². The maximum Gasteiger partial charge on any atom is 0.143 e. The maximum atomic E-state index is 6.17. The van der Waals surface area contributed by atoms with Gasteiger partial charge in [0.05, 0.1) is 0 Å². The third-order valence-electron chi connectivity index (χ3n) is 4.25. The molecule has 4 aromatic carbocycles. The van der Waals surface area contributed by atoms with Crippen LogP contribution in [-0.2, 0) is 0 Å². The molecule has 0 radical (unpaired) electrons. The van der Waals surface area contributed by atoms with Crippen molar-refractivity contribution in [1.29, 1.82) is 0 Å². The summed E-state index contributed by atoms with van der Waals surface area (Å²) in [5.74, 6) is 0. The SMILES string of the molecule is c1ccc2c(c1)ccc1ccc3c4ccccc4oc3c12. The fraction of sp³-hybridized carbons (Fsp3) is 0. The van der Waals surface area contributed by atoms with Crippen molar-refractivity contribution in [2.24, 2.45) is 0 Å². The molecule has 0 aliphatic carbocycles. The average Bonchev–Trinajstić information content (AvgIpc) is 2.93. The second-order valence-electron chi connectivity index (χ2n) is 5.43. The Bertz CT molecular complexity index is 1130. The zero-order valence-electron chi connectivity index (χ0n) is 11.3. The van der Waals surface area contributed by atoms with Crippen molar-refractivity contribution in [2.45, 2.75) is 0 Å². The Morgan fingerprint density at radius 1 is 0.524 bits per heavy atom. The second-order valence-corrected chi connectivity index (χ2v) is 5.43. The monoisotopic (exact) mass is 268 g/mol. The van der Waals surface area contributed by atoms with Crippen LogP contribution in [0, 0.1) is 0 Å². The molecule has 98 valence electrons. The maximum absolute atomic E-state index is 6.17. The summed E-state index contributed by atoms with van der Waals surface area (Å²) in [4.78, 5) is 0. The summed E-state index contributed by atoms with van der Waals surface area (Å²) in [5.41, 5.74) is 1.94. The molecule has 0 aliphatic rings. The van der Waals surface area contributed by atoms with Gasteiger partial charge >= 0.3 is 0 Å². The lowest BCUT2D eigenvalue weighted by molar-refractivity contribution is 0.673. The van der Waals surface area contributed by atoms with Gasteiger partial charge in [-0.2, -0.15) is 0 Å². The molecule has 0 saturated heterocycles. The first-order chi connectivity index (χ1) is 10.4. The Labute approximate surface area is 121 Å². The van der Waals surface area contributed by atoms with Crippen LogP contribution in [0.5, 0.6) is 0 Å². The zero-order valence-corrected chi connectivity index (χ0v) is 11.3. The molecule has 1 heteroatoms. The van der Waals surface area contributed by atoms with Gasteiger partial charge < -0.3 is 4.42 Å². The van der Waals surface area contributed by atoms with E-state index in [1.165, 1.54) is 32.3 Å². The Morgan fingerprint density at radius 3 is 2.19 bits per heavy atom. The van der Waals surface area contributed by atoms with E-state index < -0.39 is 0 Å². The highest BCUT2D eigenvalue weighted by Gasteiger charge is 2.11. The highest BCUT2D eigenvalue weighted by atomic mass is 16.3. The first kappa shape index (κ1) is 10.9. The van der Waals surface area contributed by atoms with Crippen molar-refractivity contribution in [3.63, 3.8) is 0 Å². The molecule has 0 atom stereocenters. The first-order valence-electron chi connectivity index (χ1n) is 7.13. The third kappa shape index (κ3) is 1.40. The lowest BCUT2D eigenvalue weighted by Gasteiger charge is -2.04. The van der Waals surface area contributed by atoms with Gasteiger partial charge in [-0.25, -0.2) is 0 Å². The lowest BCUT2D eigenvalue weighted by Crippen LogP contribution is -1.78. The van der Waals surface area contributed by atoms with Crippen molar-refractivity contribution >= 4 is 43.5 Å². The van der Waals surface area contributed by atoms with E-state index in [1.54, 1.807) is 0 Å². The van der Waals surface area contributed by atoms with Crippen LogP contribution in [0.2, 0.25) is 0 Å². The summed E-state index contributed by atoms with van der Waals surface area (Å²) in [7, 11) is 0. The van der Waals surface area contributed by atoms with E-state index in [1.807, 2.05) is 12.1 Å². The van der Waals surface area contributed by atoms with Gasteiger partial charge in [0.1, 0.15) is 11.2 Å². The lowest BCUT2D eigenvalue weighted by atomic mass is 10.00. The largest absolute Gasteiger partial charge is 0.455 e. The van der Waals surface area contributed by atoms with Crippen LogP contribution in [0.15, 0.2) is 77.2 Å². The van der Waals surface area contributed by atoms with Crippen molar-refractivity contribution < 1.29 is 4.42 Å². The number of hydrogen-bond acceptors (Lipinski definition) is 1. The number of fused-ring (bicyclic) bond motifs is 7. The number of furan rings is 1. The van der Waals surface area contributed by atoms with Crippen molar-refractivity contribution in [3.8, 4) is 0 Å². The summed E-state index contributed by atoms with van der Waals surface area (Å²) < 4.78 is 6.17. The van der Waals surface area contributed by atoms with Crippen LogP contribution in [0.4, 0.5) is 0 Å². The normalized spacial score (nSPS) is 11.8. The number of benzene rings is 4. The molecule has 21 heavy (non-hydrogen) atoms. The molecule has 0 amide bonds. The molecule has 0 fully saturated rings. The summed E-state index contributed by atoms with van der Waals surface area (Å²) in [6.07, 6.45) is 0. The summed E-state index contributed by atoms with van der Waals surface area (Å²) >= 11 is 0. The van der Waals surface area contributed by atoms with E-state index in [0.29, 0.717) is 0 Å². The van der Waals surface area contributed by atoms with Crippen LogP contribution < -0.4 is 0 Å². The number of hydrogen-bond donors (Lipinski definition) is 0. The predicted molar refractivity (Wildman–Crippen MR) is 88.7 cm³/mol. The van der Waals surface area contributed by atoms with E-state index in [-0.39, 0.29) is 0 Å². The molecule has 0 unspecified atom stereocenters. The van der Waals surface area contributed by atoms with Gasteiger partial charge in [-0.3, -0.25) is 0 Å². The van der Waals surface area contributed by atoms with E-state index >= 15 is 0 Å². The van der Waals surface area contributed by atoms with E-state index in [9.17, 15) is 0 Å². The fourth-order valence-electron chi connectivity index (χ4n) is 3.27. The van der Waals surface area contributed by atoms with Gasteiger partial charge in [0.25, 0.3) is 0 Å². The van der Waals surface area contributed by atoms with Crippen molar-refractivity contribution in [3.05, 3.63) is 72.8 Å². The van der Waals surface area contributed by atoms with Gasteiger partial charge in [-0.05, 0) is 28.3 Å². The smallest absolute Gasteiger partial charge is 0.143 e. The highest BCUT2D eigenvalue weighted by molar-refractivity contribution is 6.22. The Balaban J connectivity index is 2.14. The Hall–Kier alpha value is -2.80. The third-order valence-corrected chi connectivity index (χ3v) is 4.25. The Kier molecular flexibility index (Phi) is 2.01. The average molecular weight is 268 g/mol. The first-order valence-corrected chi connectivity index (χ1v) is 7.13. The topological polar surface area (TPSA) is 13.1 Å². The summed E-state index contributed by atoms with van der Waals surface area (Å²) in [6.45, 7) is 0. The van der Waals surface area contributed by atoms with Gasteiger partial charge in [-0.1, -0.05) is 60.7 Å².